The van der Waals surface area contributed by atoms with Gasteiger partial charge in [0.05, 0.1) is 15.6 Å². The number of amides is 1. The number of carbonyl (C=O) groups excluding carboxylic acids is 1. The molecular formula is C14H17ClN2O5S. The van der Waals surface area contributed by atoms with E-state index >= 15 is 0 Å². The summed E-state index contributed by atoms with van der Waals surface area (Å²) in [4.78, 5) is 33.7. The first-order valence-corrected chi connectivity index (χ1v) is 8.16. The van der Waals surface area contributed by atoms with E-state index in [4.69, 9.17) is 16.7 Å². The molecule has 1 rings (SSSR count). The van der Waals surface area contributed by atoms with Gasteiger partial charge in [-0.2, -0.15) is 0 Å². The van der Waals surface area contributed by atoms with Gasteiger partial charge in [-0.25, -0.2) is 4.79 Å². The summed E-state index contributed by atoms with van der Waals surface area (Å²) in [5.41, 5.74) is -0.188. The number of carboxylic acids is 1. The van der Waals surface area contributed by atoms with Crippen LogP contribution in [0.1, 0.15) is 20.3 Å². The zero-order chi connectivity index (χ0) is 17.6. The van der Waals surface area contributed by atoms with Crippen molar-refractivity contribution in [3.05, 3.63) is 33.3 Å². The summed E-state index contributed by atoms with van der Waals surface area (Å²) in [7, 11) is 0. The Hall–Kier alpha value is -1.80. The van der Waals surface area contributed by atoms with E-state index in [0.717, 1.165) is 11.8 Å². The Labute approximate surface area is 142 Å². The lowest BCUT2D eigenvalue weighted by atomic mass is 10.0. The van der Waals surface area contributed by atoms with Gasteiger partial charge in [-0.15, -0.1) is 11.8 Å². The number of rotatable bonds is 8. The van der Waals surface area contributed by atoms with Gasteiger partial charge in [-0.05, 0) is 24.5 Å². The van der Waals surface area contributed by atoms with E-state index in [-0.39, 0.29) is 22.4 Å². The molecule has 0 unspecified atom stereocenters. The van der Waals surface area contributed by atoms with E-state index in [1.165, 1.54) is 18.2 Å². The van der Waals surface area contributed by atoms with E-state index in [1.54, 1.807) is 0 Å². The minimum atomic E-state index is -1.10. The molecule has 2 N–H and O–H groups in total. The molecule has 0 saturated carbocycles. The molecular weight excluding hydrogens is 344 g/mol. The second kappa shape index (κ2) is 8.73. The van der Waals surface area contributed by atoms with Crippen LogP contribution in [0.4, 0.5) is 5.69 Å². The van der Waals surface area contributed by atoms with Crippen molar-refractivity contribution in [2.75, 3.05) is 5.75 Å². The maximum absolute atomic E-state index is 11.9. The Morgan fingerprint density at radius 3 is 2.61 bits per heavy atom. The average Bonchev–Trinajstić information content (AvgIpc) is 2.44. The molecule has 126 valence electrons. The number of hydrogen-bond donors (Lipinski definition) is 2. The number of aliphatic carboxylic acids is 1. The van der Waals surface area contributed by atoms with Crippen molar-refractivity contribution in [2.24, 2.45) is 5.92 Å². The lowest BCUT2D eigenvalue weighted by Crippen LogP contribution is -2.42. The summed E-state index contributed by atoms with van der Waals surface area (Å²) in [5.74, 6) is -1.60. The van der Waals surface area contributed by atoms with Crippen LogP contribution in [0.25, 0.3) is 0 Å². The number of hydrogen-bond acceptors (Lipinski definition) is 5. The highest BCUT2D eigenvalue weighted by molar-refractivity contribution is 8.00. The molecule has 9 heteroatoms. The van der Waals surface area contributed by atoms with Crippen LogP contribution in [-0.4, -0.2) is 33.7 Å². The third-order valence-corrected chi connectivity index (χ3v) is 4.11. The van der Waals surface area contributed by atoms with Crippen LogP contribution in [0, 0.1) is 16.0 Å². The molecule has 0 saturated heterocycles. The summed E-state index contributed by atoms with van der Waals surface area (Å²) >= 11 is 6.68. The summed E-state index contributed by atoms with van der Waals surface area (Å²) in [5, 5.41) is 22.7. The standard InChI is InChI=1S/C14H17ClN2O5S/c1-8(2)5-10(14(19)20)16-13(18)7-23-12-4-3-9(15)6-11(12)17(21)22/h3-4,6,8,10H,5,7H2,1-2H3,(H,16,18)(H,19,20)/t10-/m0/s1. The fourth-order valence-corrected chi connectivity index (χ4v) is 2.81. The Balaban J connectivity index is 2.69. The van der Waals surface area contributed by atoms with Crippen molar-refractivity contribution in [3.8, 4) is 0 Å². The predicted molar refractivity (Wildman–Crippen MR) is 87.9 cm³/mol. The van der Waals surface area contributed by atoms with E-state index in [9.17, 15) is 19.7 Å². The molecule has 0 fully saturated rings. The minimum Gasteiger partial charge on any atom is -0.480 e. The topological polar surface area (TPSA) is 110 Å². The molecule has 23 heavy (non-hydrogen) atoms. The zero-order valence-corrected chi connectivity index (χ0v) is 14.2. The second-order valence-corrected chi connectivity index (χ2v) is 6.70. The van der Waals surface area contributed by atoms with Gasteiger partial charge in [0, 0.05) is 11.1 Å². The Morgan fingerprint density at radius 2 is 2.09 bits per heavy atom. The molecule has 0 aliphatic heterocycles. The zero-order valence-electron chi connectivity index (χ0n) is 12.6. The van der Waals surface area contributed by atoms with Crippen LogP contribution in [0.2, 0.25) is 5.02 Å². The first-order valence-electron chi connectivity index (χ1n) is 6.79. The smallest absolute Gasteiger partial charge is 0.326 e. The van der Waals surface area contributed by atoms with Crippen molar-refractivity contribution in [3.63, 3.8) is 0 Å². The van der Waals surface area contributed by atoms with Gasteiger partial charge in [0.2, 0.25) is 5.91 Å². The summed E-state index contributed by atoms with van der Waals surface area (Å²) in [6.07, 6.45) is 0.312. The molecule has 0 aliphatic rings. The number of carbonyl (C=O) groups is 2. The average molecular weight is 361 g/mol. The van der Waals surface area contributed by atoms with Crippen LogP contribution in [-0.2, 0) is 9.59 Å². The van der Waals surface area contributed by atoms with E-state index < -0.39 is 22.8 Å². The number of nitrogens with zero attached hydrogens (tertiary/aromatic N) is 1. The fraction of sp³-hybridized carbons (Fsp3) is 0.429. The van der Waals surface area contributed by atoms with Crippen LogP contribution in [0.5, 0.6) is 0 Å². The van der Waals surface area contributed by atoms with Crippen LogP contribution in [0.15, 0.2) is 23.1 Å². The Bertz CT molecular complexity index is 609. The normalized spacial score (nSPS) is 12.0. The fourth-order valence-electron chi connectivity index (χ4n) is 1.83. The van der Waals surface area contributed by atoms with Crippen LogP contribution < -0.4 is 5.32 Å². The molecule has 1 aromatic rings. The highest BCUT2D eigenvalue weighted by Crippen LogP contribution is 2.31. The largest absolute Gasteiger partial charge is 0.480 e. The number of benzene rings is 1. The number of halogens is 1. The van der Waals surface area contributed by atoms with Gasteiger partial charge in [-0.3, -0.25) is 14.9 Å². The lowest BCUT2D eigenvalue weighted by Gasteiger charge is -2.16. The van der Waals surface area contributed by atoms with Crippen LogP contribution in [0.3, 0.4) is 0 Å². The van der Waals surface area contributed by atoms with Crippen molar-refractivity contribution in [1.82, 2.24) is 5.32 Å². The molecule has 0 bridgehead atoms. The van der Waals surface area contributed by atoms with E-state index in [1.807, 2.05) is 13.8 Å². The summed E-state index contributed by atoms with van der Waals surface area (Å²) in [6.45, 7) is 3.71. The molecule has 0 aromatic heterocycles. The maximum atomic E-state index is 11.9. The molecule has 0 aliphatic carbocycles. The first-order chi connectivity index (χ1) is 10.7. The second-order valence-electron chi connectivity index (χ2n) is 5.25. The van der Waals surface area contributed by atoms with Gasteiger partial charge in [0.15, 0.2) is 0 Å². The van der Waals surface area contributed by atoms with Crippen molar-refractivity contribution in [1.29, 1.82) is 0 Å². The molecule has 0 spiro atoms. The van der Waals surface area contributed by atoms with E-state index in [0.29, 0.717) is 11.3 Å². The number of thioether (sulfide) groups is 1. The van der Waals surface area contributed by atoms with Gasteiger partial charge >= 0.3 is 5.97 Å². The molecule has 7 nitrogen and oxygen atoms in total. The summed E-state index contributed by atoms with van der Waals surface area (Å²) in [6, 6.07) is 3.19. The molecule has 0 heterocycles. The third-order valence-electron chi connectivity index (χ3n) is 2.82. The predicted octanol–water partition coefficient (Wildman–Crippen LogP) is 2.96. The molecule has 1 aromatic carbocycles. The Kier molecular flexibility index (Phi) is 7.31. The number of nitro groups is 1. The molecule has 0 radical (unpaired) electrons. The molecule has 1 atom stereocenters. The monoisotopic (exact) mass is 360 g/mol. The highest BCUT2D eigenvalue weighted by Gasteiger charge is 2.22. The Morgan fingerprint density at radius 1 is 1.43 bits per heavy atom. The van der Waals surface area contributed by atoms with Gasteiger partial charge in [-0.1, -0.05) is 25.4 Å². The maximum Gasteiger partial charge on any atom is 0.326 e. The minimum absolute atomic E-state index is 0.112. The van der Waals surface area contributed by atoms with Crippen molar-refractivity contribution < 1.29 is 19.6 Å². The number of nitro benzene ring substituents is 1. The SMILES string of the molecule is CC(C)C[C@H](NC(=O)CSc1ccc(Cl)cc1[N+](=O)[O-])C(=O)O. The quantitative estimate of drug-likeness (QED) is 0.419. The summed E-state index contributed by atoms with van der Waals surface area (Å²) < 4.78 is 0. The number of carboxylic acid groups (broad SMARTS) is 1. The molecule has 1 amide bonds. The van der Waals surface area contributed by atoms with Crippen molar-refractivity contribution in [2.45, 2.75) is 31.2 Å². The highest BCUT2D eigenvalue weighted by atomic mass is 35.5. The van der Waals surface area contributed by atoms with Gasteiger partial charge in [0.1, 0.15) is 6.04 Å². The lowest BCUT2D eigenvalue weighted by molar-refractivity contribution is -0.387. The van der Waals surface area contributed by atoms with Gasteiger partial charge in [0.25, 0.3) is 5.69 Å². The van der Waals surface area contributed by atoms with Crippen molar-refractivity contribution >= 4 is 40.9 Å². The van der Waals surface area contributed by atoms with Crippen LogP contribution >= 0.6 is 23.4 Å². The van der Waals surface area contributed by atoms with E-state index in [2.05, 4.69) is 5.32 Å². The third kappa shape index (κ3) is 6.45. The van der Waals surface area contributed by atoms with Gasteiger partial charge < -0.3 is 10.4 Å². The number of nitrogens with one attached hydrogen (secondary N) is 1. The first kappa shape index (κ1) is 19.2.